The summed E-state index contributed by atoms with van der Waals surface area (Å²) in [6, 6.07) is 13.3. The lowest BCUT2D eigenvalue weighted by Gasteiger charge is -2.11. The van der Waals surface area contributed by atoms with E-state index in [0.29, 0.717) is 28.9 Å². The van der Waals surface area contributed by atoms with E-state index in [1.165, 1.54) is 18.2 Å². The largest absolute Gasteiger partial charge is 0.465 e. The molecule has 0 bridgehead atoms. The maximum atomic E-state index is 13.2. The lowest BCUT2D eigenvalue weighted by Crippen LogP contribution is -2.14. The molecule has 28 heavy (non-hydrogen) atoms. The van der Waals surface area contributed by atoms with Crippen molar-refractivity contribution in [1.29, 1.82) is 0 Å². The summed E-state index contributed by atoms with van der Waals surface area (Å²) in [5, 5.41) is 0.447. The number of carbonyl (C=O) groups is 1. The Bertz CT molecular complexity index is 1110. The number of fused-ring (bicyclic) bond motifs is 1. The standard InChI is InChI=1S/C24H24O4/c1-4-7-17-22(25)20-12-15(24(26)27-3)10-11-21(20)28-23(17)19-13-18(19)16-9-6-5-8-14(16)2/h5-6,8-12,18-19H,4,7,13H2,1-3H3. The molecule has 0 N–H and O–H groups in total. The normalized spacial score (nSPS) is 18.2. The molecule has 4 rings (SSSR count). The topological polar surface area (TPSA) is 56.5 Å². The highest BCUT2D eigenvalue weighted by atomic mass is 16.5. The van der Waals surface area contributed by atoms with Gasteiger partial charge in [-0.15, -0.1) is 0 Å². The maximum Gasteiger partial charge on any atom is 0.337 e. The van der Waals surface area contributed by atoms with Crippen LogP contribution in [0.4, 0.5) is 0 Å². The molecule has 0 saturated heterocycles. The van der Waals surface area contributed by atoms with Crippen LogP contribution in [0.2, 0.25) is 0 Å². The van der Waals surface area contributed by atoms with Crippen LogP contribution >= 0.6 is 0 Å². The van der Waals surface area contributed by atoms with Crippen LogP contribution < -0.4 is 5.43 Å². The first-order valence-electron chi connectivity index (χ1n) is 9.78. The Hall–Kier alpha value is -2.88. The minimum atomic E-state index is -0.454. The van der Waals surface area contributed by atoms with Gasteiger partial charge in [-0.3, -0.25) is 4.79 Å². The number of benzene rings is 2. The molecular weight excluding hydrogens is 352 g/mol. The molecule has 1 fully saturated rings. The van der Waals surface area contributed by atoms with Crippen molar-refractivity contribution >= 4 is 16.9 Å². The lowest BCUT2D eigenvalue weighted by molar-refractivity contribution is 0.0601. The number of methoxy groups -OCH3 is 1. The molecule has 1 heterocycles. The van der Waals surface area contributed by atoms with Gasteiger partial charge in [0.1, 0.15) is 11.3 Å². The van der Waals surface area contributed by atoms with Crippen LogP contribution in [0.25, 0.3) is 11.0 Å². The van der Waals surface area contributed by atoms with Crippen LogP contribution in [0.15, 0.2) is 51.7 Å². The molecule has 1 aliphatic rings. The van der Waals surface area contributed by atoms with E-state index in [1.807, 2.05) is 6.07 Å². The summed E-state index contributed by atoms with van der Waals surface area (Å²) >= 11 is 0. The average molecular weight is 376 g/mol. The average Bonchev–Trinajstić information content (AvgIpc) is 3.50. The van der Waals surface area contributed by atoms with Crippen LogP contribution in [0.5, 0.6) is 0 Å². The molecule has 0 aliphatic heterocycles. The van der Waals surface area contributed by atoms with Gasteiger partial charge in [-0.2, -0.15) is 0 Å². The number of aryl methyl sites for hydroxylation is 1. The van der Waals surface area contributed by atoms with Crippen molar-refractivity contribution in [2.45, 2.75) is 44.9 Å². The van der Waals surface area contributed by atoms with Crippen LogP contribution in [0, 0.1) is 6.92 Å². The van der Waals surface area contributed by atoms with Gasteiger partial charge in [-0.1, -0.05) is 37.6 Å². The molecule has 2 atom stereocenters. The number of carbonyl (C=O) groups excluding carboxylic acids is 1. The van der Waals surface area contributed by atoms with E-state index in [9.17, 15) is 9.59 Å². The predicted molar refractivity (Wildman–Crippen MR) is 109 cm³/mol. The first-order valence-corrected chi connectivity index (χ1v) is 9.78. The highest BCUT2D eigenvalue weighted by molar-refractivity contribution is 5.94. The van der Waals surface area contributed by atoms with Crippen molar-refractivity contribution in [3.8, 4) is 0 Å². The summed E-state index contributed by atoms with van der Waals surface area (Å²) in [6.07, 6.45) is 2.53. The monoisotopic (exact) mass is 376 g/mol. The molecule has 1 aliphatic carbocycles. The Balaban J connectivity index is 1.81. The summed E-state index contributed by atoms with van der Waals surface area (Å²) in [7, 11) is 1.33. The zero-order valence-corrected chi connectivity index (χ0v) is 16.5. The van der Waals surface area contributed by atoms with Crippen molar-refractivity contribution in [3.63, 3.8) is 0 Å². The third kappa shape index (κ3) is 3.13. The third-order valence-electron chi connectivity index (χ3n) is 5.65. The summed E-state index contributed by atoms with van der Waals surface area (Å²) < 4.78 is 11.0. The number of esters is 1. The molecular formula is C24H24O4. The number of hydrogen-bond acceptors (Lipinski definition) is 4. The van der Waals surface area contributed by atoms with Crippen molar-refractivity contribution in [3.05, 3.63) is 80.7 Å². The summed E-state index contributed by atoms with van der Waals surface area (Å²) in [4.78, 5) is 25.1. The van der Waals surface area contributed by atoms with Gasteiger partial charge in [0.2, 0.25) is 0 Å². The van der Waals surface area contributed by atoms with E-state index in [-0.39, 0.29) is 11.3 Å². The molecule has 2 aromatic carbocycles. The maximum absolute atomic E-state index is 13.2. The molecule has 0 spiro atoms. The Kier molecular flexibility index (Phi) is 4.80. The second-order valence-electron chi connectivity index (χ2n) is 7.53. The van der Waals surface area contributed by atoms with Crippen LogP contribution in [0.1, 0.15) is 64.4 Å². The summed E-state index contributed by atoms with van der Waals surface area (Å²) in [6.45, 7) is 4.19. The fraction of sp³-hybridized carbons (Fsp3) is 0.333. The van der Waals surface area contributed by atoms with E-state index >= 15 is 0 Å². The van der Waals surface area contributed by atoms with E-state index in [1.54, 1.807) is 18.2 Å². The molecule has 144 valence electrons. The third-order valence-corrected chi connectivity index (χ3v) is 5.65. The second kappa shape index (κ2) is 7.27. The van der Waals surface area contributed by atoms with Crippen LogP contribution in [-0.4, -0.2) is 13.1 Å². The van der Waals surface area contributed by atoms with Gasteiger partial charge >= 0.3 is 5.97 Å². The van der Waals surface area contributed by atoms with Crippen LogP contribution in [0.3, 0.4) is 0 Å². The fourth-order valence-electron chi connectivity index (χ4n) is 4.11. The van der Waals surface area contributed by atoms with E-state index < -0.39 is 5.97 Å². The molecule has 4 heteroatoms. The first-order chi connectivity index (χ1) is 13.5. The van der Waals surface area contributed by atoms with Gasteiger partial charge < -0.3 is 9.15 Å². The quantitative estimate of drug-likeness (QED) is 0.581. The molecule has 4 nitrogen and oxygen atoms in total. The number of rotatable bonds is 5. The molecule has 2 unspecified atom stereocenters. The smallest absolute Gasteiger partial charge is 0.337 e. The van der Waals surface area contributed by atoms with Gasteiger partial charge in [0, 0.05) is 11.5 Å². The number of hydrogen-bond donors (Lipinski definition) is 0. The predicted octanol–water partition coefficient (Wildman–Crippen LogP) is 5.11. The van der Waals surface area contributed by atoms with E-state index in [2.05, 4.69) is 32.0 Å². The second-order valence-corrected chi connectivity index (χ2v) is 7.53. The van der Waals surface area contributed by atoms with Gasteiger partial charge in [0.15, 0.2) is 5.43 Å². The molecule has 0 radical (unpaired) electrons. The fourth-order valence-corrected chi connectivity index (χ4v) is 4.11. The highest BCUT2D eigenvalue weighted by Crippen LogP contribution is 2.56. The first kappa shape index (κ1) is 18.5. The Morgan fingerprint density at radius 1 is 1.18 bits per heavy atom. The Labute approximate surface area is 164 Å². The molecule has 3 aromatic rings. The zero-order chi connectivity index (χ0) is 19.8. The van der Waals surface area contributed by atoms with E-state index in [0.717, 1.165) is 24.2 Å². The Morgan fingerprint density at radius 3 is 2.68 bits per heavy atom. The summed E-state index contributed by atoms with van der Waals surface area (Å²) in [5.74, 6) is 0.995. The molecule has 1 aromatic heterocycles. The van der Waals surface area contributed by atoms with Crippen molar-refractivity contribution in [2.24, 2.45) is 0 Å². The van der Waals surface area contributed by atoms with Crippen molar-refractivity contribution in [1.82, 2.24) is 0 Å². The summed E-state index contributed by atoms with van der Waals surface area (Å²) in [5.41, 5.74) is 4.22. The van der Waals surface area contributed by atoms with Crippen molar-refractivity contribution in [2.75, 3.05) is 7.11 Å². The van der Waals surface area contributed by atoms with E-state index in [4.69, 9.17) is 9.15 Å². The van der Waals surface area contributed by atoms with Crippen LogP contribution in [-0.2, 0) is 11.2 Å². The van der Waals surface area contributed by atoms with Gasteiger partial charge in [-0.25, -0.2) is 4.79 Å². The highest BCUT2D eigenvalue weighted by Gasteiger charge is 2.44. The Morgan fingerprint density at radius 2 is 1.96 bits per heavy atom. The van der Waals surface area contributed by atoms with Gasteiger partial charge in [-0.05, 0) is 55.0 Å². The number of ether oxygens (including phenoxy) is 1. The minimum Gasteiger partial charge on any atom is -0.465 e. The SMILES string of the molecule is CCCc1c(C2CC2c2ccccc2C)oc2ccc(C(=O)OC)cc2c1=O. The molecule has 1 saturated carbocycles. The lowest BCUT2D eigenvalue weighted by atomic mass is 9.98. The van der Waals surface area contributed by atoms with Gasteiger partial charge in [0.25, 0.3) is 0 Å². The van der Waals surface area contributed by atoms with Gasteiger partial charge in [0.05, 0.1) is 18.1 Å². The zero-order valence-electron chi connectivity index (χ0n) is 16.5. The van der Waals surface area contributed by atoms with Crippen molar-refractivity contribution < 1.29 is 13.9 Å². The minimum absolute atomic E-state index is 0.0284. The molecule has 0 amide bonds.